The molecule has 5 heteroatoms. The molecule has 0 unspecified atom stereocenters. The molecule has 2 rings (SSSR count). The van der Waals surface area contributed by atoms with E-state index >= 15 is 0 Å². The molecule has 14 heavy (non-hydrogen) atoms. The Kier molecular flexibility index (Phi) is 2.21. The first-order valence-electron chi connectivity index (χ1n) is 3.93. The van der Waals surface area contributed by atoms with Crippen LogP contribution in [-0.4, -0.2) is 10.1 Å². The van der Waals surface area contributed by atoms with Crippen LogP contribution in [0.25, 0.3) is 11.4 Å². The molecule has 0 N–H and O–H groups in total. The standard InChI is InChI=1S/C9H6ClFN2O/c1-5-12-9(13-14-5)8-6(10)3-2-4-7(8)11/h2-4H,1H3. The lowest BCUT2D eigenvalue weighted by atomic mass is 10.2. The lowest BCUT2D eigenvalue weighted by molar-refractivity contribution is 0.394. The Bertz CT molecular complexity index is 449. The summed E-state index contributed by atoms with van der Waals surface area (Å²) in [6.07, 6.45) is 0. The Morgan fingerprint density at radius 2 is 2.21 bits per heavy atom. The second-order valence-electron chi connectivity index (χ2n) is 2.73. The number of halogens is 2. The zero-order chi connectivity index (χ0) is 10.1. The van der Waals surface area contributed by atoms with E-state index < -0.39 is 5.82 Å². The Balaban J connectivity index is 2.61. The number of hydrogen-bond donors (Lipinski definition) is 0. The molecule has 1 aromatic heterocycles. The molecule has 0 saturated heterocycles. The van der Waals surface area contributed by atoms with Crippen LogP contribution < -0.4 is 0 Å². The van der Waals surface area contributed by atoms with Gasteiger partial charge in [0.15, 0.2) is 0 Å². The van der Waals surface area contributed by atoms with Gasteiger partial charge in [-0.05, 0) is 12.1 Å². The summed E-state index contributed by atoms with van der Waals surface area (Å²) >= 11 is 5.81. The maximum absolute atomic E-state index is 13.3. The zero-order valence-corrected chi connectivity index (χ0v) is 8.05. The van der Waals surface area contributed by atoms with Crippen LogP contribution in [0.4, 0.5) is 4.39 Å². The van der Waals surface area contributed by atoms with Gasteiger partial charge in [0, 0.05) is 6.92 Å². The molecule has 0 aliphatic heterocycles. The third-order valence-corrected chi connectivity index (χ3v) is 2.03. The highest BCUT2D eigenvalue weighted by molar-refractivity contribution is 6.33. The summed E-state index contributed by atoms with van der Waals surface area (Å²) in [6, 6.07) is 4.40. The van der Waals surface area contributed by atoms with Crippen LogP contribution >= 0.6 is 11.6 Å². The Morgan fingerprint density at radius 3 is 2.79 bits per heavy atom. The Labute approximate surface area is 84.5 Å². The minimum Gasteiger partial charge on any atom is -0.339 e. The van der Waals surface area contributed by atoms with Crippen LogP contribution in [0.5, 0.6) is 0 Å². The average Bonchev–Trinajstić information content (AvgIpc) is 2.51. The molecule has 72 valence electrons. The lowest BCUT2D eigenvalue weighted by Gasteiger charge is -1.98. The van der Waals surface area contributed by atoms with E-state index in [9.17, 15) is 4.39 Å². The Hall–Kier alpha value is -1.42. The largest absolute Gasteiger partial charge is 0.339 e. The molecule has 0 aliphatic carbocycles. The van der Waals surface area contributed by atoms with Gasteiger partial charge in [0.1, 0.15) is 5.82 Å². The van der Waals surface area contributed by atoms with Crippen molar-refractivity contribution < 1.29 is 8.91 Å². The molecular weight excluding hydrogens is 207 g/mol. The fourth-order valence-corrected chi connectivity index (χ4v) is 1.36. The highest BCUT2D eigenvalue weighted by Crippen LogP contribution is 2.27. The normalized spacial score (nSPS) is 10.5. The smallest absolute Gasteiger partial charge is 0.223 e. The summed E-state index contributed by atoms with van der Waals surface area (Å²) in [5.41, 5.74) is 0.172. The van der Waals surface area contributed by atoms with E-state index in [1.165, 1.54) is 12.1 Å². The molecule has 0 radical (unpaired) electrons. The first-order valence-corrected chi connectivity index (χ1v) is 4.31. The summed E-state index contributed by atoms with van der Waals surface area (Å²) in [5.74, 6) is 0.0863. The minimum absolute atomic E-state index is 0.172. The summed E-state index contributed by atoms with van der Waals surface area (Å²) < 4.78 is 18.1. The van der Waals surface area contributed by atoms with Crippen LogP contribution in [-0.2, 0) is 0 Å². The molecule has 1 aromatic carbocycles. The predicted molar refractivity (Wildman–Crippen MR) is 49.4 cm³/mol. The van der Waals surface area contributed by atoms with Gasteiger partial charge in [-0.2, -0.15) is 4.98 Å². The molecule has 0 aliphatic rings. The van der Waals surface area contributed by atoms with E-state index in [2.05, 4.69) is 10.1 Å². The number of benzene rings is 1. The molecule has 0 spiro atoms. The maximum Gasteiger partial charge on any atom is 0.223 e. The Morgan fingerprint density at radius 1 is 1.43 bits per heavy atom. The molecule has 0 fully saturated rings. The minimum atomic E-state index is -0.460. The van der Waals surface area contributed by atoms with Gasteiger partial charge >= 0.3 is 0 Å². The van der Waals surface area contributed by atoms with Crippen LogP contribution in [0.2, 0.25) is 5.02 Å². The third-order valence-electron chi connectivity index (χ3n) is 1.71. The first-order chi connectivity index (χ1) is 6.68. The number of aryl methyl sites for hydroxylation is 1. The maximum atomic E-state index is 13.3. The fourth-order valence-electron chi connectivity index (χ4n) is 1.11. The molecular formula is C9H6ClFN2O. The molecule has 0 saturated carbocycles. The van der Waals surface area contributed by atoms with Crippen LogP contribution in [0.1, 0.15) is 5.89 Å². The number of rotatable bonds is 1. The quantitative estimate of drug-likeness (QED) is 0.730. The lowest BCUT2D eigenvalue weighted by Crippen LogP contribution is -1.87. The van der Waals surface area contributed by atoms with Crippen molar-refractivity contribution in [1.29, 1.82) is 0 Å². The van der Waals surface area contributed by atoms with Crippen molar-refractivity contribution in [3.63, 3.8) is 0 Å². The summed E-state index contributed by atoms with van der Waals surface area (Å²) in [4.78, 5) is 3.90. The van der Waals surface area contributed by atoms with Gasteiger partial charge in [0.2, 0.25) is 11.7 Å². The van der Waals surface area contributed by atoms with Crippen molar-refractivity contribution in [3.8, 4) is 11.4 Å². The van der Waals surface area contributed by atoms with Gasteiger partial charge in [-0.15, -0.1) is 0 Å². The van der Waals surface area contributed by atoms with Gasteiger partial charge < -0.3 is 4.52 Å². The van der Waals surface area contributed by atoms with Crippen LogP contribution in [0.15, 0.2) is 22.7 Å². The second-order valence-corrected chi connectivity index (χ2v) is 3.14. The zero-order valence-electron chi connectivity index (χ0n) is 7.29. The van der Waals surface area contributed by atoms with Crippen molar-refractivity contribution in [2.75, 3.05) is 0 Å². The van der Waals surface area contributed by atoms with E-state index in [-0.39, 0.29) is 16.4 Å². The van der Waals surface area contributed by atoms with Crippen LogP contribution in [0.3, 0.4) is 0 Å². The number of nitrogens with zero attached hydrogens (tertiary/aromatic N) is 2. The van der Waals surface area contributed by atoms with Crippen molar-refractivity contribution in [2.24, 2.45) is 0 Å². The van der Waals surface area contributed by atoms with Gasteiger partial charge in [-0.1, -0.05) is 22.8 Å². The summed E-state index contributed by atoms with van der Waals surface area (Å²) in [7, 11) is 0. The van der Waals surface area contributed by atoms with E-state index in [1.54, 1.807) is 13.0 Å². The first kappa shape index (κ1) is 9.15. The summed E-state index contributed by atoms with van der Waals surface area (Å²) in [5, 5.41) is 3.87. The van der Waals surface area contributed by atoms with Crippen molar-refractivity contribution in [1.82, 2.24) is 10.1 Å². The monoisotopic (exact) mass is 212 g/mol. The van der Waals surface area contributed by atoms with Gasteiger partial charge in [-0.25, -0.2) is 4.39 Å². The van der Waals surface area contributed by atoms with E-state index in [4.69, 9.17) is 16.1 Å². The van der Waals surface area contributed by atoms with Crippen LogP contribution in [0, 0.1) is 12.7 Å². The number of aromatic nitrogens is 2. The van der Waals surface area contributed by atoms with E-state index in [0.29, 0.717) is 5.89 Å². The highest BCUT2D eigenvalue weighted by atomic mass is 35.5. The van der Waals surface area contributed by atoms with Crippen molar-refractivity contribution in [2.45, 2.75) is 6.92 Å². The number of hydrogen-bond acceptors (Lipinski definition) is 3. The van der Waals surface area contributed by atoms with Crippen molar-refractivity contribution in [3.05, 3.63) is 34.9 Å². The highest BCUT2D eigenvalue weighted by Gasteiger charge is 2.14. The fraction of sp³-hybridized carbons (Fsp3) is 0.111. The van der Waals surface area contributed by atoms with Gasteiger partial charge in [0.25, 0.3) is 0 Å². The van der Waals surface area contributed by atoms with E-state index in [1.807, 2.05) is 0 Å². The SMILES string of the molecule is Cc1nc(-c2c(F)cccc2Cl)no1. The second kappa shape index (κ2) is 3.38. The molecule has 0 atom stereocenters. The average molecular weight is 213 g/mol. The molecule has 0 bridgehead atoms. The topological polar surface area (TPSA) is 38.9 Å². The van der Waals surface area contributed by atoms with Crippen molar-refractivity contribution >= 4 is 11.6 Å². The third kappa shape index (κ3) is 1.48. The molecule has 0 amide bonds. The van der Waals surface area contributed by atoms with Gasteiger partial charge in [0.05, 0.1) is 10.6 Å². The molecule has 2 aromatic rings. The van der Waals surface area contributed by atoms with Gasteiger partial charge in [-0.3, -0.25) is 0 Å². The summed E-state index contributed by atoms with van der Waals surface area (Å²) in [6.45, 7) is 1.63. The predicted octanol–water partition coefficient (Wildman–Crippen LogP) is 2.84. The van der Waals surface area contributed by atoms with E-state index in [0.717, 1.165) is 0 Å². The molecule has 3 nitrogen and oxygen atoms in total. The molecule has 1 heterocycles.